The highest BCUT2D eigenvalue weighted by molar-refractivity contribution is 8.19. The van der Waals surface area contributed by atoms with E-state index in [1.807, 2.05) is 6.92 Å². The summed E-state index contributed by atoms with van der Waals surface area (Å²) in [5.41, 5.74) is 0.709. The molecule has 0 fully saturated rings. The van der Waals surface area contributed by atoms with Crippen LogP contribution < -0.4 is 4.74 Å². The minimum absolute atomic E-state index is 0.0130. The summed E-state index contributed by atoms with van der Waals surface area (Å²) in [6.45, 7) is 1.98. The number of aliphatic imine (C=N–C) groups is 1. The molecular formula is C19H13ClN4O3S3. The quantitative estimate of drug-likeness (QED) is 0.290. The van der Waals surface area contributed by atoms with Gasteiger partial charge >= 0.3 is 5.97 Å². The van der Waals surface area contributed by atoms with Crippen LogP contribution >= 0.6 is 46.6 Å². The number of thioether (sulfide) groups is 1. The number of hydrogen-bond donors (Lipinski definition) is 1. The molecule has 3 heterocycles. The Morgan fingerprint density at radius 1 is 1.40 bits per heavy atom. The molecule has 11 heteroatoms. The Balaban J connectivity index is 1.58. The van der Waals surface area contributed by atoms with Crippen LogP contribution in [0.1, 0.15) is 22.2 Å². The summed E-state index contributed by atoms with van der Waals surface area (Å²) in [5, 5.41) is 11.5. The van der Waals surface area contributed by atoms with Gasteiger partial charge in [-0.25, -0.2) is 9.69 Å². The summed E-state index contributed by atoms with van der Waals surface area (Å²) >= 11 is 10.1. The molecular weight excluding hydrogens is 464 g/mol. The zero-order chi connectivity index (χ0) is 21.3. The number of carbonyl (C=O) groups is 2. The van der Waals surface area contributed by atoms with Crippen molar-refractivity contribution in [1.29, 1.82) is 5.41 Å². The maximum atomic E-state index is 12.4. The van der Waals surface area contributed by atoms with Crippen LogP contribution in [0.3, 0.4) is 0 Å². The number of nitrogens with zero attached hydrogens (tertiary/aromatic N) is 3. The summed E-state index contributed by atoms with van der Waals surface area (Å²) in [5.74, 6) is 0.00764. The molecule has 2 aliphatic rings. The molecule has 30 heavy (non-hydrogen) atoms. The molecule has 4 rings (SSSR count). The van der Waals surface area contributed by atoms with Gasteiger partial charge in [0.25, 0.3) is 5.91 Å². The van der Waals surface area contributed by atoms with E-state index in [-0.39, 0.29) is 22.2 Å². The van der Waals surface area contributed by atoms with Gasteiger partial charge in [0, 0.05) is 0 Å². The number of amidine groups is 3. The van der Waals surface area contributed by atoms with Gasteiger partial charge in [-0.15, -0.1) is 11.3 Å². The second-order valence-corrected chi connectivity index (χ2v) is 9.21. The fraction of sp³-hybridized carbons (Fsp3) is 0.105. The van der Waals surface area contributed by atoms with Crippen LogP contribution in [-0.4, -0.2) is 38.7 Å². The van der Waals surface area contributed by atoms with Gasteiger partial charge < -0.3 is 4.74 Å². The van der Waals surface area contributed by atoms with Crippen molar-refractivity contribution in [3.63, 3.8) is 0 Å². The summed E-state index contributed by atoms with van der Waals surface area (Å²) in [6.07, 6.45) is 1.54. The molecule has 2 aromatic rings. The lowest BCUT2D eigenvalue weighted by molar-refractivity contribution is -0.114. The lowest BCUT2D eigenvalue weighted by Crippen LogP contribution is -2.41. The number of esters is 1. The minimum Gasteiger partial charge on any atom is -0.421 e. The standard InChI is InChI=1S/C19H13ClN4O3S3/c1-2-28-19-23-30-18-22-16(25)11(15(21)24(18)19)8-10-5-6-13(12(20)9-10)27-17(26)14-4-3-7-29-14/h3-9,21H,2H2,1H3/b11-8-,21-15?. The average Bonchev–Trinajstić information content (AvgIpc) is 3.38. The van der Waals surface area contributed by atoms with Crippen LogP contribution in [0.5, 0.6) is 5.75 Å². The fourth-order valence-corrected chi connectivity index (χ4v) is 5.02. The van der Waals surface area contributed by atoms with Crippen LogP contribution in [0.25, 0.3) is 6.08 Å². The predicted molar refractivity (Wildman–Crippen MR) is 124 cm³/mol. The SMILES string of the molecule is CCSC1=NSC2=NC(=O)/C(=C\c3ccc(OC(=O)c4cccs4)c(Cl)c3)C(=N)N12. The van der Waals surface area contributed by atoms with Crippen molar-refractivity contribution in [2.75, 3.05) is 5.75 Å². The molecule has 0 saturated heterocycles. The summed E-state index contributed by atoms with van der Waals surface area (Å²) in [7, 11) is 0. The van der Waals surface area contributed by atoms with Gasteiger partial charge in [0.2, 0.25) is 5.17 Å². The first-order valence-corrected chi connectivity index (χ1v) is 11.7. The van der Waals surface area contributed by atoms with Crippen molar-refractivity contribution in [3.05, 3.63) is 56.7 Å². The van der Waals surface area contributed by atoms with Crippen molar-refractivity contribution >= 4 is 80.8 Å². The summed E-state index contributed by atoms with van der Waals surface area (Å²) in [6, 6.07) is 8.21. The third-order valence-corrected chi connectivity index (χ3v) is 6.74. The van der Waals surface area contributed by atoms with E-state index in [2.05, 4.69) is 9.39 Å². The molecule has 0 atom stereocenters. The summed E-state index contributed by atoms with van der Waals surface area (Å²) < 4.78 is 9.61. The predicted octanol–water partition coefficient (Wildman–Crippen LogP) is 4.95. The lowest BCUT2D eigenvalue weighted by Gasteiger charge is -2.24. The molecule has 1 aromatic heterocycles. The zero-order valence-corrected chi connectivity index (χ0v) is 18.6. The van der Waals surface area contributed by atoms with Gasteiger partial charge in [-0.05, 0) is 41.0 Å². The Labute approximate surface area is 189 Å². The van der Waals surface area contributed by atoms with Crippen LogP contribution in [0.2, 0.25) is 5.02 Å². The van der Waals surface area contributed by atoms with Crippen molar-refractivity contribution in [1.82, 2.24) is 4.90 Å². The first-order valence-electron chi connectivity index (χ1n) is 8.64. The molecule has 0 bridgehead atoms. The molecule has 152 valence electrons. The molecule has 1 N–H and O–H groups in total. The molecule has 0 aliphatic carbocycles. The second-order valence-electron chi connectivity index (χ2n) is 5.90. The molecule has 0 radical (unpaired) electrons. The van der Waals surface area contributed by atoms with Crippen LogP contribution in [0.4, 0.5) is 0 Å². The van der Waals surface area contributed by atoms with Gasteiger partial charge in [0.05, 0.1) is 22.5 Å². The van der Waals surface area contributed by atoms with Gasteiger partial charge in [-0.1, -0.05) is 42.4 Å². The number of benzene rings is 1. The molecule has 0 unspecified atom stereocenters. The molecule has 0 saturated carbocycles. The van der Waals surface area contributed by atoms with Crippen molar-refractivity contribution in [2.45, 2.75) is 6.92 Å². The number of hydrogen-bond acceptors (Lipinski definition) is 8. The number of thiophene rings is 1. The van der Waals surface area contributed by atoms with Crippen LogP contribution in [0, 0.1) is 5.41 Å². The third kappa shape index (κ3) is 4.08. The number of halogens is 1. The number of fused-ring (bicyclic) bond motifs is 1. The van der Waals surface area contributed by atoms with Crippen molar-refractivity contribution < 1.29 is 14.3 Å². The van der Waals surface area contributed by atoms with E-state index in [1.165, 1.54) is 23.1 Å². The Kier molecular flexibility index (Phi) is 6.09. The number of rotatable bonds is 4. The molecule has 7 nitrogen and oxygen atoms in total. The van der Waals surface area contributed by atoms with Gasteiger partial charge in [0.1, 0.15) is 16.5 Å². The maximum Gasteiger partial charge on any atom is 0.353 e. The number of nitrogens with one attached hydrogen (secondary N) is 1. The van der Waals surface area contributed by atoms with E-state index in [0.29, 0.717) is 20.8 Å². The van der Waals surface area contributed by atoms with Gasteiger partial charge in [-0.2, -0.15) is 9.39 Å². The van der Waals surface area contributed by atoms with E-state index < -0.39 is 11.9 Å². The summed E-state index contributed by atoms with van der Waals surface area (Å²) in [4.78, 5) is 30.6. The first kappa shape index (κ1) is 20.9. The number of ether oxygens (including phenoxy) is 1. The van der Waals surface area contributed by atoms with E-state index in [1.54, 1.807) is 46.7 Å². The van der Waals surface area contributed by atoms with E-state index in [4.69, 9.17) is 21.7 Å². The largest absolute Gasteiger partial charge is 0.421 e. The number of carbonyl (C=O) groups excluding carboxylic acids is 2. The van der Waals surface area contributed by atoms with Crippen LogP contribution in [-0.2, 0) is 4.79 Å². The minimum atomic E-state index is -0.513. The molecule has 1 amide bonds. The smallest absolute Gasteiger partial charge is 0.353 e. The van der Waals surface area contributed by atoms with Crippen LogP contribution in [0.15, 0.2) is 50.7 Å². The van der Waals surface area contributed by atoms with Crippen molar-refractivity contribution in [3.8, 4) is 5.75 Å². The highest BCUT2D eigenvalue weighted by Crippen LogP contribution is 2.33. The average molecular weight is 477 g/mol. The molecule has 2 aliphatic heterocycles. The van der Waals surface area contributed by atoms with Gasteiger partial charge in [-0.3, -0.25) is 10.2 Å². The third-order valence-electron chi connectivity index (χ3n) is 3.96. The highest BCUT2D eigenvalue weighted by atomic mass is 35.5. The highest BCUT2D eigenvalue weighted by Gasteiger charge is 2.37. The van der Waals surface area contributed by atoms with Gasteiger partial charge in [0.15, 0.2) is 5.17 Å². The van der Waals surface area contributed by atoms with E-state index >= 15 is 0 Å². The Hall–Kier alpha value is -2.40. The Bertz CT molecular complexity index is 1140. The Morgan fingerprint density at radius 3 is 2.93 bits per heavy atom. The molecule has 0 spiro atoms. The monoisotopic (exact) mass is 476 g/mol. The van der Waals surface area contributed by atoms with Crippen molar-refractivity contribution in [2.24, 2.45) is 9.39 Å². The fourth-order valence-electron chi connectivity index (χ4n) is 2.63. The first-order chi connectivity index (χ1) is 14.5. The zero-order valence-electron chi connectivity index (χ0n) is 15.4. The lowest BCUT2D eigenvalue weighted by atomic mass is 10.1. The second kappa shape index (κ2) is 8.76. The topological polar surface area (TPSA) is 95.2 Å². The molecule has 1 aromatic carbocycles. The van der Waals surface area contributed by atoms with E-state index in [9.17, 15) is 9.59 Å². The number of amides is 1. The Morgan fingerprint density at radius 2 is 2.23 bits per heavy atom. The normalized spacial score (nSPS) is 17.1. The van der Waals surface area contributed by atoms with E-state index in [0.717, 1.165) is 17.7 Å². The maximum absolute atomic E-state index is 12.4.